The number of rotatable bonds is 4. The Morgan fingerprint density at radius 1 is 0.864 bits per heavy atom. The number of hydrazone groups is 2. The van der Waals surface area contributed by atoms with Gasteiger partial charge in [0.2, 0.25) is 5.11 Å². The molecule has 2 N–H and O–H groups in total. The lowest BCUT2D eigenvalue weighted by Crippen LogP contribution is -2.28. The fraction of sp³-hybridized carbons (Fsp3) is 0. The smallest absolute Gasteiger partial charge is 0.207 e. The van der Waals surface area contributed by atoms with E-state index in [2.05, 4.69) is 21.1 Å². The van der Waals surface area contributed by atoms with E-state index in [4.69, 9.17) is 35.4 Å². The van der Waals surface area contributed by atoms with Crippen molar-refractivity contribution in [2.45, 2.75) is 0 Å². The predicted octanol–water partition coefficient (Wildman–Crippen LogP) is 3.83. The minimum Gasteiger partial charge on any atom is -0.252 e. The Bertz CT molecular complexity index is 657. The Morgan fingerprint density at radius 2 is 1.32 bits per heavy atom. The number of halogens is 2. The summed E-state index contributed by atoms with van der Waals surface area (Å²) in [6, 6.07) is 14.6. The van der Waals surface area contributed by atoms with Crippen LogP contribution in [0.2, 0.25) is 10.0 Å². The second-order valence-electron chi connectivity index (χ2n) is 4.18. The van der Waals surface area contributed by atoms with E-state index < -0.39 is 0 Å². The monoisotopic (exact) mass is 350 g/mol. The van der Waals surface area contributed by atoms with Gasteiger partial charge >= 0.3 is 0 Å². The van der Waals surface area contributed by atoms with Crippen LogP contribution in [0.5, 0.6) is 0 Å². The Morgan fingerprint density at radius 3 is 1.73 bits per heavy atom. The number of hydrogen-bond acceptors (Lipinski definition) is 3. The highest BCUT2D eigenvalue weighted by Crippen LogP contribution is 2.09. The average Bonchev–Trinajstić information content (AvgIpc) is 2.47. The molecule has 0 spiro atoms. The van der Waals surface area contributed by atoms with Gasteiger partial charge in [0, 0.05) is 10.0 Å². The van der Waals surface area contributed by atoms with Crippen LogP contribution in [0.15, 0.2) is 58.7 Å². The van der Waals surface area contributed by atoms with Gasteiger partial charge in [-0.2, -0.15) is 10.2 Å². The van der Waals surface area contributed by atoms with Gasteiger partial charge in [0.05, 0.1) is 12.4 Å². The summed E-state index contributed by atoms with van der Waals surface area (Å²) < 4.78 is 0. The molecule has 0 aliphatic heterocycles. The third-order valence-corrected chi connectivity index (χ3v) is 3.11. The van der Waals surface area contributed by atoms with Crippen LogP contribution in [0.1, 0.15) is 11.1 Å². The highest BCUT2D eigenvalue weighted by Gasteiger charge is 1.92. The number of nitrogens with one attached hydrogen (secondary N) is 2. The van der Waals surface area contributed by atoms with Crippen LogP contribution in [0, 0.1) is 0 Å². The van der Waals surface area contributed by atoms with Gasteiger partial charge in [0.1, 0.15) is 0 Å². The fourth-order valence-corrected chi connectivity index (χ4v) is 2.03. The lowest BCUT2D eigenvalue weighted by atomic mass is 10.2. The van der Waals surface area contributed by atoms with Gasteiger partial charge in [0.15, 0.2) is 0 Å². The topological polar surface area (TPSA) is 48.8 Å². The van der Waals surface area contributed by atoms with Crippen LogP contribution in [0.25, 0.3) is 0 Å². The molecule has 0 unspecified atom stereocenters. The molecule has 0 heterocycles. The summed E-state index contributed by atoms with van der Waals surface area (Å²) in [6.07, 6.45) is 3.22. The maximum absolute atomic E-state index is 5.88. The minimum absolute atomic E-state index is 0.275. The zero-order valence-corrected chi connectivity index (χ0v) is 13.7. The van der Waals surface area contributed by atoms with Crippen molar-refractivity contribution in [1.29, 1.82) is 0 Å². The van der Waals surface area contributed by atoms with Crippen molar-refractivity contribution in [3.63, 3.8) is 0 Å². The quantitative estimate of drug-likeness (QED) is 0.500. The van der Waals surface area contributed by atoms with Gasteiger partial charge in [0.25, 0.3) is 0 Å². The Balaban J connectivity index is 1.81. The summed E-state index contributed by atoms with van der Waals surface area (Å²) in [4.78, 5) is 0. The molecule has 22 heavy (non-hydrogen) atoms. The largest absolute Gasteiger partial charge is 0.252 e. The third-order valence-electron chi connectivity index (χ3n) is 2.46. The standard InChI is InChI=1S/C15H12Cl2N4S/c16-13-5-1-3-11(7-13)9-18-20-15(22)21-19-10-12-4-2-6-14(17)8-12/h1-10H,(H2,20,21,22). The average molecular weight is 351 g/mol. The van der Waals surface area contributed by atoms with Crippen LogP contribution >= 0.6 is 35.4 Å². The Hall–Kier alpha value is -1.95. The van der Waals surface area contributed by atoms with E-state index in [9.17, 15) is 0 Å². The molecule has 2 aromatic rings. The molecule has 0 radical (unpaired) electrons. The summed E-state index contributed by atoms with van der Waals surface area (Å²) in [5.74, 6) is 0. The van der Waals surface area contributed by atoms with Gasteiger partial charge in [-0.25, -0.2) is 0 Å². The summed E-state index contributed by atoms with van der Waals surface area (Å²) in [5, 5.41) is 9.55. The van der Waals surface area contributed by atoms with Gasteiger partial charge in [-0.3, -0.25) is 10.9 Å². The molecule has 0 aliphatic carbocycles. The molecule has 0 bridgehead atoms. The first-order valence-electron chi connectivity index (χ1n) is 6.27. The lowest BCUT2D eigenvalue weighted by Gasteiger charge is -2.01. The van der Waals surface area contributed by atoms with Crippen molar-refractivity contribution in [2.75, 3.05) is 0 Å². The third kappa shape index (κ3) is 5.81. The van der Waals surface area contributed by atoms with E-state index in [0.717, 1.165) is 11.1 Å². The summed E-state index contributed by atoms with van der Waals surface area (Å²) in [6.45, 7) is 0. The second-order valence-corrected chi connectivity index (χ2v) is 5.46. The number of benzene rings is 2. The zero-order chi connectivity index (χ0) is 15.8. The molecule has 0 aromatic heterocycles. The molecule has 0 fully saturated rings. The van der Waals surface area contributed by atoms with Gasteiger partial charge in [-0.05, 0) is 47.6 Å². The van der Waals surface area contributed by atoms with E-state index in [-0.39, 0.29) is 5.11 Å². The van der Waals surface area contributed by atoms with Crippen molar-refractivity contribution >= 4 is 53.0 Å². The zero-order valence-electron chi connectivity index (χ0n) is 11.3. The molecule has 4 nitrogen and oxygen atoms in total. The maximum atomic E-state index is 5.88. The van der Waals surface area contributed by atoms with Crippen molar-refractivity contribution in [3.05, 3.63) is 69.7 Å². The van der Waals surface area contributed by atoms with Crippen LogP contribution in [0.3, 0.4) is 0 Å². The summed E-state index contributed by atoms with van der Waals surface area (Å²) in [5.41, 5.74) is 7.04. The van der Waals surface area contributed by atoms with Crippen LogP contribution < -0.4 is 10.9 Å². The Labute approximate surface area is 143 Å². The first-order valence-corrected chi connectivity index (χ1v) is 7.43. The normalized spacial score (nSPS) is 11.0. The molecule has 2 rings (SSSR count). The van der Waals surface area contributed by atoms with Crippen molar-refractivity contribution in [1.82, 2.24) is 10.9 Å². The highest BCUT2D eigenvalue weighted by molar-refractivity contribution is 7.80. The van der Waals surface area contributed by atoms with Crippen LogP contribution in [-0.2, 0) is 0 Å². The Kier molecular flexibility index (Phi) is 6.33. The fourth-order valence-electron chi connectivity index (χ4n) is 1.53. The van der Waals surface area contributed by atoms with E-state index in [1.165, 1.54) is 0 Å². The number of thiocarbonyl (C=S) groups is 1. The molecular formula is C15H12Cl2N4S. The molecular weight excluding hydrogens is 339 g/mol. The SMILES string of the molecule is S=C(NN=Cc1cccc(Cl)c1)NN=Cc1cccc(Cl)c1. The molecule has 7 heteroatoms. The lowest BCUT2D eigenvalue weighted by molar-refractivity contribution is 0.935. The van der Waals surface area contributed by atoms with E-state index in [1.54, 1.807) is 36.7 Å². The van der Waals surface area contributed by atoms with Crippen molar-refractivity contribution < 1.29 is 0 Å². The van der Waals surface area contributed by atoms with Crippen molar-refractivity contribution in [3.8, 4) is 0 Å². The molecule has 0 atom stereocenters. The number of hydrogen-bond donors (Lipinski definition) is 2. The van der Waals surface area contributed by atoms with E-state index in [1.807, 2.05) is 24.3 Å². The van der Waals surface area contributed by atoms with Gasteiger partial charge in [-0.15, -0.1) is 0 Å². The van der Waals surface area contributed by atoms with Gasteiger partial charge < -0.3 is 0 Å². The van der Waals surface area contributed by atoms with E-state index >= 15 is 0 Å². The first-order chi connectivity index (χ1) is 10.6. The highest BCUT2D eigenvalue weighted by atomic mass is 35.5. The molecule has 2 aromatic carbocycles. The van der Waals surface area contributed by atoms with Crippen LogP contribution in [0.4, 0.5) is 0 Å². The van der Waals surface area contributed by atoms with Gasteiger partial charge in [-0.1, -0.05) is 47.5 Å². The molecule has 0 amide bonds. The maximum Gasteiger partial charge on any atom is 0.207 e. The molecule has 0 saturated heterocycles. The first kappa shape index (κ1) is 16.4. The predicted molar refractivity (Wildman–Crippen MR) is 97.0 cm³/mol. The molecule has 112 valence electrons. The molecule has 0 aliphatic rings. The second kappa shape index (κ2) is 8.48. The van der Waals surface area contributed by atoms with E-state index in [0.29, 0.717) is 10.0 Å². The summed E-state index contributed by atoms with van der Waals surface area (Å²) in [7, 11) is 0. The van der Waals surface area contributed by atoms with Crippen LogP contribution in [-0.4, -0.2) is 17.5 Å². The van der Waals surface area contributed by atoms with Crippen molar-refractivity contribution in [2.24, 2.45) is 10.2 Å². The summed E-state index contributed by atoms with van der Waals surface area (Å²) >= 11 is 16.8. The minimum atomic E-state index is 0.275. The molecule has 0 saturated carbocycles. The number of nitrogens with zero attached hydrogens (tertiary/aromatic N) is 2.